The number of carbonyl (C=O) groups excluding carboxylic acids is 1. The zero-order chi connectivity index (χ0) is 26.8. The Balaban J connectivity index is 1.52. The highest BCUT2D eigenvalue weighted by Gasteiger charge is 2.28. The van der Waals surface area contributed by atoms with Gasteiger partial charge in [-0.25, -0.2) is 9.97 Å². The number of methoxy groups -OCH3 is 1. The van der Waals surface area contributed by atoms with Crippen molar-refractivity contribution in [1.29, 1.82) is 0 Å². The topological polar surface area (TPSA) is 81.9 Å². The summed E-state index contributed by atoms with van der Waals surface area (Å²) in [6, 6.07) is 12.1. The lowest BCUT2D eigenvalue weighted by molar-refractivity contribution is 0.0986. The molecule has 1 N–H and O–H groups in total. The average molecular weight is 575 g/mol. The van der Waals surface area contributed by atoms with Gasteiger partial charge in [0, 0.05) is 29.7 Å². The van der Waals surface area contributed by atoms with E-state index < -0.39 is 0 Å². The summed E-state index contributed by atoms with van der Waals surface area (Å²) in [5, 5.41) is 8.05. The number of nitrogens with zero attached hydrogens (tertiary/aromatic N) is 4. The molecule has 0 radical (unpaired) electrons. The average Bonchev–Trinajstić information content (AvgIpc) is 3.13. The van der Waals surface area contributed by atoms with Gasteiger partial charge in [-0.2, -0.15) is 5.10 Å². The molecule has 2 aromatic carbocycles. The van der Waals surface area contributed by atoms with E-state index in [1.165, 1.54) is 11.1 Å². The highest BCUT2D eigenvalue weighted by molar-refractivity contribution is 9.10. The monoisotopic (exact) mass is 573 g/mol. The van der Waals surface area contributed by atoms with Crippen LogP contribution in [0.2, 0.25) is 0 Å². The molecule has 2 heterocycles. The Kier molecular flexibility index (Phi) is 7.61. The van der Waals surface area contributed by atoms with E-state index in [2.05, 4.69) is 58.3 Å². The van der Waals surface area contributed by atoms with Crippen LogP contribution in [-0.2, 0) is 39.2 Å². The van der Waals surface area contributed by atoms with E-state index in [0.29, 0.717) is 23.8 Å². The summed E-state index contributed by atoms with van der Waals surface area (Å²) in [6.45, 7) is 4.28. The Bertz CT molecular complexity index is 1490. The molecule has 0 unspecified atom stereocenters. The highest BCUT2D eigenvalue weighted by atomic mass is 79.9. The van der Waals surface area contributed by atoms with Crippen LogP contribution in [-0.4, -0.2) is 32.6 Å². The number of carbonyl (C=O) groups is 1. The summed E-state index contributed by atoms with van der Waals surface area (Å²) in [5.74, 6) is 1.22. The maximum atomic E-state index is 13.7. The molecule has 0 atom stereocenters. The number of anilines is 2. The standard InChI is InChI=1S/C30H32BrN5O2/c1-5-18-9-7-10-19(6-2)23(18)16-25(37)28-22-12-8-11-20-17-32-30(34-27(20)29(22)36(3)35-28)33-24-14-13-21(31)15-26(24)38-4/h7,9-10,13-15,17H,5-6,8,11-12,16H2,1-4H3,(H,32,33,34). The van der Waals surface area contributed by atoms with Crippen LogP contribution in [0.3, 0.4) is 0 Å². The summed E-state index contributed by atoms with van der Waals surface area (Å²) in [6.07, 6.45) is 6.58. The van der Waals surface area contributed by atoms with Crippen LogP contribution in [0.15, 0.2) is 47.1 Å². The van der Waals surface area contributed by atoms with Crippen LogP contribution in [0.25, 0.3) is 11.4 Å². The second-order valence-corrected chi connectivity index (χ2v) is 10.5. The Hall–Kier alpha value is -3.52. The third-order valence-corrected chi connectivity index (χ3v) is 7.74. The number of aromatic nitrogens is 4. The first-order chi connectivity index (χ1) is 18.4. The summed E-state index contributed by atoms with van der Waals surface area (Å²) in [4.78, 5) is 23.2. The minimum Gasteiger partial charge on any atom is -0.495 e. The number of nitrogens with one attached hydrogen (secondary N) is 1. The molecule has 8 heteroatoms. The van der Waals surface area contributed by atoms with E-state index in [4.69, 9.17) is 14.8 Å². The lowest BCUT2D eigenvalue weighted by Gasteiger charge is -2.13. The molecule has 0 aliphatic heterocycles. The molecule has 196 valence electrons. The molecule has 0 amide bonds. The van der Waals surface area contributed by atoms with Gasteiger partial charge in [0.1, 0.15) is 11.4 Å². The molecule has 0 spiro atoms. The van der Waals surface area contributed by atoms with E-state index in [1.54, 1.807) is 7.11 Å². The number of Topliss-reactive ketones (excluding diaryl/α,β-unsaturated/α-hetero) is 1. The van der Waals surface area contributed by atoms with Crippen molar-refractivity contribution >= 4 is 33.3 Å². The van der Waals surface area contributed by atoms with E-state index in [-0.39, 0.29) is 5.78 Å². The van der Waals surface area contributed by atoms with Gasteiger partial charge in [-0.15, -0.1) is 0 Å². The fourth-order valence-electron chi connectivity index (χ4n) is 5.35. The summed E-state index contributed by atoms with van der Waals surface area (Å²) in [5.41, 5.74) is 8.70. The van der Waals surface area contributed by atoms with Gasteiger partial charge in [0.2, 0.25) is 5.95 Å². The van der Waals surface area contributed by atoms with Gasteiger partial charge in [-0.05, 0) is 72.6 Å². The quantitative estimate of drug-likeness (QED) is 0.244. The normalized spacial score (nSPS) is 12.4. The third kappa shape index (κ3) is 4.97. The van der Waals surface area contributed by atoms with Gasteiger partial charge in [-0.3, -0.25) is 9.48 Å². The Labute approximate surface area is 231 Å². The molecule has 0 saturated carbocycles. The van der Waals surface area contributed by atoms with E-state index in [9.17, 15) is 4.79 Å². The lowest BCUT2D eigenvalue weighted by atomic mass is 9.92. The fraction of sp³-hybridized carbons (Fsp3) is 0.333. The zero-order valence-electron chi connectivity index (χ0n) is 22.3. The number of fused-ring (bicyclic) bond motifs is 3. The van der Waals surface area contributed by atoms with Crippen LogP contribution < -0.4 is 10.1 Å². The van der Waals surface area contributed by atoms with Gasteiger partial charge in [0.15, 0.2) is 5.78 Å². The van der Waals surface area contributed by atoms with E-state index in [0.717, 1.165) is 70.3 Å². The van der Waals surface area contributed by atoms with Crippen LogP contribution in [0.1, 0.15) is 58.6 Å². The number of benzene rings is 2. The van der Waals surface area contributed by atoms with Crippen molar-refractivity contribution < 1.29 is 9.53 Å². The molecule has 0 bridgehead atoms. The highest BCUT2D eigenvalue weighted by Crippen LogP contribution is 2.35. The molecule has 4 aromatic rings. The van der Waals surface area contributed by atoms with Crippen molar-refractivity contribution in [2.75, 3.05) is 12.4 Å². The third-order valence-electron chi connectivity index (χ3n) is 7.25. The minimum absolute atomic E-state index is 0.0629. The van der Waals surface area contributed by atoms with Crippen molar-refractivity contribution in [3.05, 3.63) is 80.6 Å². The van der Waals surface area contributed by atoms with Crippen molar-refractivity contribution in [1.82, 2.24) is 19.7 Å². The van der Waals surface area contributed by atoms with Crippen LogP contribution in [0.5, 0.6) is 5.75 Å². The van der Waals surface area contributed by atoms with Gasteiger partial charge < -0.3 is 10.1 Å². The lowest BCUT2D eigenvalue weighted by Crippen LogP contribution is -2.11. The van der Waals surface area contributed by atoms with Gasteiger partial charge in [0.05, 0.1) is 24.2 Å². The number of hydrogen-bond acceptors (Lipinski definition) is 6. The smallest absolute Gasteiger partial charge is 0.227 e. The maximum Gasteiger partial charge on any atom is 0.227 e. The van der Waals surface area contributed by atoms with Gasteiger partial charge >= 0.3 is 0 Å². The van der Waals surface area contributed by atoms with Crippen molar-refractivity contribution in [2.24, 2.45) is 7.05 Å². The number of halogens is 1. The van der Waals surface area contributed by atoms with Gasteiger partial charge in [0.25, 0.3) is 0 Å². The molecule has 2 aromatic heterocycles. The molecular weight excluding hydrogens is 542 g/mol. The first-order valence-electron chi connectivity index (χ1n) is 13.1. The summed E-state index contributed by atoms with van der Waals surface area (Å²) < 4.78 is 8.26. The molecule has 5 rings (SSSR count). The van der Waals surface area contributed by atoms with Gasteiger partial charge in [-0.1, -0.05) is 48.0 Å². The van der Waals surface area contributed by atoms with Crippen LogP contribution in [0.4, 0.5) is 11.6 Å². The molecule has 0 fully saturated rings. The Morgan fingerprint density at radius 1 is 1.13 bits per heavy atom. The molecule has 1 aliphatic rings. The first kappa shape index (κ1) is 26.1. The Morgan fingerprint density at radius 2 is 1.89 bits per heavy atom. The molecule has 0 saturated heterocycles. The fourth-order valence-corrected chi connectivity index (χ4v) is 5.69. The number of ketones is 1. The van der Waals surface area contributed by atoms with Crippen LogP contribution in [0, 0.1) is 0 Å². The molecular formula is C30H32BrN5O2. The number of rotatable bonds is 8. The molecule has 1 aliphatic carbocycles. The van der Waals surface area contributed by atoms with Crippen molar-refractivity contribution in [3.8, 4) is 17.1 Å². The number of hydrogen-bond donors (Lipinski definition) is 1. The van der Waals surface area contributed by atoms with Crippen molar-refractivity contribution in [2.45, 2.75) is 52.4 Å². The predicted octanol–water partition coefficient (Wildman–Crippen LogP) is 6.43. The largest absolute Gasteiger partial charge is 0.495 e. The number of aryl methyl sites for hydroxylation is 4. The maximum absolute atomic E-state index is 13.7. The SMILES string of the molecule is CCc1cccc(CC)c1CC(=O)c1nn(C)c2c1CCCc1cnc(Nc3ccc(Br)cc3OC)nc1-2. The second kappa shape index (κ2) is 11.1. The summed E-state index contributed by atoms with van der Waals surface area (Å²) >= 11 is 3.48. The van der Waals surface area contributed by atoms with E-state index in [1.807, 2.05) is 36.1 Å². The molecule has 38 heavy (non-hydrogen) atoms. The zero-order valence-corrected chi connectivity index (χ0v) is 23.9. The second-order valence-electron chi connectivity index (χ2n) is 9.55. The predicted molar refractivity (Wildman–Crippen MR) is 153 cm³/mol. The van der Waals surface area contributed by atoms with Crippen LogP contribution >= 0.6 is 15.9 Å². The first-order valence-corrected chi connectivity index (χ1v) is 13.9. The minimum atomic E-state index is 0.0629. The number of ether oxygens (including phenoxy) is 1. The molecule has 7 nitrogen and oxygen atoms in total. The summed E-state index contributed by atoms with van der Waals surface area (Å²) in [7, 11) is 3.53. The van der Waals surface area contributed by atoms with E-state index >= 15 is 0 Å². The van der Waals surface area contributed by atoms with Crippen molar-refractivity contribution in [3.63, 3.8) is 0 Å². The Morgan fingerprint density at radius 3 is 2.61 bits per heavy atom.